The average molecular weight is 289 g/mol. The largest absolute Gasteiger partial charge is 0.491 e. The van der Waals surface area contributed by atoms with E-state index in [1.807, 2.05) is 24.5 Å². The monoisotopic (exact) mass is 289 g/mol. The maximum atomic E-state index is 5.80. The highest BCUT2D eigenvalue weighted by molar-refractivity contribution is 7.12. The minimum absolute atomic E-state index is 0.198. The Morgan fingerprint density at radius 2 is 1.90 bits per heavy atom. The van der Waals surface area contributed by atoms with Gasteiger partial charge < -0.3 is 10.1 Å². The number of thiophene rings is 1. The third kappa shape index (κ3) is 3.41. The fourth-order valence-corrected chi connectivity index (χ4v) is 3.44. The van der Waals surface area contributed by atoms with E-state index in [4.69, 9.17) is 4.74 Å². The predicted octanol–water partition coefficient (Wildman–Crippen LogP) is 4.46. The van der Waals surface area contributed by atoms with Crippen LogP contribution in [0.4, 0.5) is 0 Å². The van der Waals surface area contributed by atoms with Crippen molar-refractivity contribution in [3.8, 4) is 5.75 Å². The molecule has 1 aromatic carbocycles. The molecule has 2 nitrogen and oxygen atoms in total. The Kier molecular flexibility index (Phi) is 4.84. The summed E-state index contributed by atoms with van der Waals surface area (Å²) in [6.45, 7) is 8.45. The lowest BCUT2D eigenvalue weighted by Gasteiger charge is -2.18. The van der Waals surface area contributed by atoms with Crippen LogP contribution in [0.25, 0.3) is 0 Å². The summed E-state index contributed by atoms with van der Waals surface area (Å²) in [5.41, 5.74) is 2.60. The third-order valence-electron chi connectivity index (χ3n) is 3.24. The number of aryl methyl sites for hydroxylation is 2. The maximum absolute atomic E-state index is 5.80. The van der Waals surface area contributed by atoms with Gasteiger partial charge in [-0.05, 0) is 64.1 Å². The van der Waals surface area contributed by atoms with E-state index in [1.54, 1.807) is 0 Å². The van der Waals surface area contributed by atoms with Crippen molar-refractivity contribution in [1.82, 2.24) is 5.32 Å². The minimum Gasteiger partial charge on any atom is -0.491 e. The van der Waals surface area contributed by atoms with Crippen LogP contribution in [0, 0.1) is 13.8 Å². The lowest BCUT2D eigenvalue weighted by molar-refractivity contribution is 0.242. The molecule has 0 spiro atoms. The van der Waals surface area contributed by atoms with Gasteiger partial charge in [-0.15, -0.1) is 11.3 Å². The molecule has 2 rings (SSSR count). The molecule has 108 valence electrons. The molecule has 0 aliphatic carbocycles. The van der Waals surface area contributed by atoms with Crippen LogP contribution in [0.3, 0.4) is 0 Å². The van der Waals surface area contributed by atoms with Crippen LogP contribution >= 0.6 is 11.3 Å². The lowest BCUT2D eigenvalue weighted by atomic mass is 9.99. The van der Waals surface area contributed by atoms with Gasteiger partial charge in [-0.3, -0.25) is 0 Å². The Bertz CT molecular complexity index is 574. The maximum Gasteiger partial charge on any atom is 0.120 e. The van der Waals surface area contributed by atoms with Crippen LogP contribution in [-0.4, -0.2) is 13.2 Å². The van der Waals surface area contributed by atoms with E-state index in [0.717, 1.165) is 5.75 Å². The van der Waals surface area contributed by atoms with Crippen molar-refractivity contribution < 1.29 is 4.74 Å². The lowest BCUT2D eigenvalue weighted by Crippen LogP contribution is -2.18. The van der Waals surface area contributed by atoms with E-state index in [-0.39, 0.29) is 12.1 Å². The van der Waals surface area contributed by atoms with Crippen LogP contribution in [0.2, 0.25) is 0 Å². The molecule has 0 amide bonds. The van der Waals surface area contributed by atoms with E-state index in [1.165, 1.54) is 20.9 Å². The number of nitrogens with one attached hydrogen (secondary N) is 1. The van der Waals surface area contributed by atoms with E-state index in [9.17, 15) is 0 Å². The predicted molar refractivity (Wildman–Crippen MR) is 86.9 cm³/mol. The number of hydrogen-bond donors (Lipinski definition) is 1. The van der Waals surface area contributed by atoms with Crippen LogP contribution in [0.5, 0.6) is 5.75 Å². The van der Waals surface area contributed by atoms with Gasteiger partial charge in [0.1, 0.15) is 5.75 Å². The normalized spacial score (nSPS) is 12.7. The highest BCUT2D eigenvalue weighted by Gasteiger charge is 2.17. The molecule has 20 heavy (non-hydrogen) atoms. The van der Waals surface area contributed by atoms with E-state index in [0.29, 0.717) is 0 Å². The van der Waals surface area contributed by atoms with E-state index >= 15 is 0 Å². The molecule has 2 aromatic rings. The fraction of sp³-hybridized carbons (Fsp3) is 0.412. The molecular weight excluding hydrogens is 266 g/mol. The van der Waals surface area contributed by atoms with Gasteiger partial charge in [0.05, 0.1) is 12.1 Å². The Labute approximate surface area is 125 Å². The summed E-state index contributed by atoms with van der Waals surface area (Å²) in [5, 5.41) is 3.42. The zero-order valence-electron chi connectivity index (χ0n) is 12.9. The first-order chi connectivity index (χ1) is 9.51. The van der Waals surface area contributed by atoms with Crippen LogP contribution in [-0.2, 0) is 0 Å². The third-order valence-corrected chi connectivity index (χ3v) is 4.22. The van der Waals surface area contributed by atoms with Gasteiger partial charge in [-0.1, -0.05) is 12.1 Å². The fourth-order valence-electron chi connectivity index (χ4n) is 2.48. The van der Waals surface area contributed by atoms with Gasteiger partial charge in [0.15, 0.2) is 0 Å². The summed E-state index contributed by atoms with van der Waals surface area (Å²) < 4.78 is 5.80. The number of rotatable bonds is 5. The molecule has 0 radical (unpaired) electrons. The van der Waals surface area contributed by atoms with Crippen LogP contribution in [0.15, 0.2) is 30.3 Å². The molecule has 0 saturated heterocycles. The molecular formula is C17H23NOS. The van der Waals surface area contributed by atoms with Crippen molar-refractivity contribution in [3.05, 3.63) is 51.2 Å². The highest BCUT2D eigenvalue weighted by Crippen LogP contribution is 2.31. The SMILES string of the molecule is CNC(c1cccc(OC(C)C)c1)c1cc(C)sc1C. The molecule has 0 bridgehead atoms. The van der Waals surface area contributed by atoms with Crippen molar-refractivity contribution in [2.45, 2.75) is 39.8 Å². The molecule has 0 fully saturated rings. The van der Waals surface area contributed by atoms with Gasteiger partial charge in [-0.2, -0.15) is 0 Å². The highest BCUT2D eigenvalue weighted by atomic mass is 32.1. The first-order valence-corrected chi connectivity index (χ1v) is 7.83. The smallest absolute Gasteiger partial charge is 0.120 e. The minimum atomic E-state index is 0.198. The first kappa shape index (κ1) is 15.1. The zero-order chi connectivity index (χ0) is 14.7. The van der Waals surface area contributed by atoms with Gasteiger partial charge in [0, 0.05) is 9.75 Å². The quantitative estimate of drug-likeness (QED) is 0.877. The second-order valence-electron chi connectivity index (χ2n) is 5.33. The second-order valence-corrected chi connectivity index (χ2v) is 6.79. The molecule has 0 saturated carbocycles. The second kappa shape index (κ2) is 6.42. The summed E-state index contributed by atoms with van der Waals surface area (Å²) in [7, 11) is 2.01. The molecule has 1 N–H and O–H groups in total. The Hall–Kier alpha value is -1.32. The van der Waals surface area contributed by atoms with Gasteiger partial charge >= 0.3 is 0 Å². The average Bonchev–Trinajstić information content (AvgIpc) is 2.69. The number of benzene rings is 1. The molecule has 1 atom stereocenters. The van der Waals surface area contributed by atoms with E-state index < -0.39 is 0 Å². The summed E-state index contributed by atoms with van der Waals surface area (Å²) in [4.78, 5) is 2.73. The van der Waals surface area contributed by atoms with Crippen LogP contribution < -0.4 is 10.1 Å². The topological polar surface area (TPSA) is 21.3 Å². The van der Waals surface area contributed by atoms with Gasteiger partial charge in [-0.25, -0.2) is 0 Å². The van der Waals surface area contributed by atoms with Crippen molar-refractivity contribution in [2.24, 2.45) is 0 Å². The van der Waals surface area contributed by atoms with Gasteiger partial charge in [0.25, 0.3) is 0 Å². The Balaban J connectivity index is 2.34. The molecule has 1 unspecified atom stereocenters. The summed E-state index contributed by atoms with van der Waals surface area (Å²) in [6.07, 6.45) is 0.198. The van der Waals surface area contributed by atoms with Crippen molar-refractivity contribution in [3.63, 3.8) is 0 Å². The Morgan fingerprint density at radius 1 is 1.15 bits per heavy atom. The molecule has 1 heterocycles. The number of hydrogen-bond acceptors (Lipinski definition) is 3. The van der Waals surface area contributed by atoms with Crippen molar-refractivity contribution in [1.29, 1.82) is 0 Å². The van der Waals surface area contributed by atoms with Crippen molar-refractivity contribution >= 4 is 11.3 Å². The molecule has 3 heteroatoms. The molecule has 0 aliphatic heterocycles. The van der Waals surface area contributed by atoms with E-state index in [2.05, 4.69) is 57.3 Å². The summed E-state index contributed by atoms with van der Waals surface area (Å²) in [6, 6.07) is 10.9. The number of ether oxygens (including phenoxy) is 1. The zero-order valence-corrected chi connectivity index (χ0v) is 13.7. The van der Waals surface area contributed by atoms with Gasteiger partial charge in [0.2, 0.25) is 0 Å². The summed E-state index contributed by atoms with van der Waals surface area (Å²) in [5.74, 6) is 0.933. The summed E-state index contributed by atoms with van der Waals surface area (Å²) >= 11 is 1.85. The molecule has 0 aliphatic rings. The molecule has 1 aromatic heterocycles. The van der Waals surface area contributed by atoms with Crippen LogP contribution in [0.1, 0.15) is 40.8 Å². The standard InChI is InChI=1S/C17H23NOS/c1-11(2)19-15-8-6-7-14(10-15)17(18-5)16-9-12(3)20-13(16)4/h6-11,17-18H,1-5H3. The Morgan fingerprint density at radius 3 is 2.45 bits per heavy atom. The first-order valence-electron chi connectivity index (χ1n) is 7.02. The van der Waals surface area contributed by atoms with Crippen molar-refractivity contribution in [2.75, 3.05) is 7.05 Å².